The van der Waals surface area contributed by atoms with Gasteiger partial charge in [-0.05, 0) is 11.6 Å². The van der Waals surface area contributed by atoms with Crippen LogP contribution in [0, 0.1) is 0 Å². The highest BCUT2D eigenvalue weighted by Gasteiger charge is 2.06. The van der Waals surface area contributed by atoms with Crippen LogP contribution in [-0.2, 0) is 11.2 Å². The number of rotatable bonds is 2. The maximum atomic E-state index is 10.5. The quantitative estimate of drug-likeness (QED) is 0.795. The normalized spacial score (nSPS) is 9.71. The number of hydrogen-bond donors (Lipinski definition) is 2. The molecule has 4 nitrogen and oxygen atoms in total. The summed E-state index contributed by atoms with van der Waals surface area (Å²) in [5.74, 6) is -0.837. The van der Waals surface area contributed by atoms with Gasteiger partial charge >= 0.3 is 5.97 Å². The Labute approximate surface area is 86.4 Å². The lowest BCUT2D eigenvalue weighted by Gasteiger charge is -1.96. The molecule has 2 aromatic rings. The Morgan fingerprint density at radius 2 is 2.29 bits per heavy atom. The van der Waals surface area contributed by atoms with E-state index in [4.69, 9.17) is 5.11 Å². The molecular weight excluding hydrogens is 204 g/mol. The van der Waals surface area contributed by atoms with Crippen molar-refractivity contribution in [2.24, 2.45) is 0 Å². The molecule has 0 amide bonds. The van der Waals surface area contributed by atoms with E-state index in [2.05, 4.69) is 9.97 Å². The van der Waals surface area contributed by atoms with Crippen molar-refractivity contribution in [1.29, 1.82) is 0 Å². The van der Waals surface area contributed by atoms with Gasteiger partial charge in [-0.25, -0.2) is 4.98 Å². The van der Waals surface area contributed by atoms with E-state index in [1.807, 2.05) is 12.1 Å². The summed E-state index contributed by atoms with van der Waals surface area (Å²) in [6, 6.07) is 5.46. The summed E-state index contributed by atoms with van der Waals surface area (Å²) in [6.07, 6.45) is 1.58. The van der Waals surface area contributed by atoms with Crippen LogP contribution in [0.15, 0.2) is 24.5 Å². The molecule has 74 valence electrons. The van der Waals surface area contributed by atoms with Gasteiger partial charge in [0.05, 0.1) is 23.8 Å². The van der Waals surface area contributed by atoms with E-state index in [1.165, 1.54) is 0 Å². The molecular formula is C9H9ClN2O2. The van der Waals surface area contributed by atoms with Gasteiger partial charge in [0.25, 0.3) is 0 Å². The topological polar surface area (TPSA) is 66.0 Å². The van der Waals surface area contributed by atoms with E-state index < -0.39 is 5.97 Å². The minimum absolute atomic E-state index is 0. The zero-order valence-electron chi connectivity index (χ0n) is 7.23. The smallest absolute Gasteiger partial charge is 0.307 e. The van der Waals surface area contributed by atoms with Crippen LogP contribution >= 0.6 is 12.4 Å². The van der Waals surface area contributed by atoms with E-state index in [9.17, 15) is 4.79 Å². The summed E-state index contributed by atoms with van der Waals surface area (Å²) in [5, 5.41) is 8.63. The number of nitrogens with one attached hydrogen (secondary N) is 1. The monoisotopic (exact) mass is 212 g/mol. The van der Waals surface area contributed by atoms with Gasteiger partial charge in [0.1, 0.15) is 0 Å². The summed E-state index contributed by atoms with van der Waals surface area (Å²) < 4.78 is 0. The van der Waals surface area contributed by atoms with Gasteiger partial charge in [0.15, 0.2) is 0 Å². The van der Waals surface area contributed by atoms with Crippen LogP contribution in [0.5, 0.6) is 0 Å². The molecule has 1 aromatic heterocycles. The predicted octanol–water partition coefficient (Wildman–Crippen LogP) is 1.61. The van der Waals surface area contributed by atoms with Gasteiger partial charge in [-0.1, -0.05) is 12.1 Å². The zero-order valence-corrected chi connectivity index (χ0v) is 8.04. The highest BCUT2D eigenvalue weighted by Crippen LogP contribution is 2.14. The van der Waals surface area contributed by atoms with Crippen LogP contribution < -0.4 is 0 Å². The molecule has 0 fully saturated rings. The van der Waals surface area contributed by atoms with Crippen LogP contribution in [0.1, 0.15) is 5.56 Å². The fraction of sp³-hybridized carbons (Fsp3) is 0.111. The average Bonchev–Trinajstić information content (AvgIpc) is 2.51. The summed E-state index contributed by atoms with van der Waals surface area (Å²) in [4.78, 5) is 17.5. The SMILES string of the molecule is Cl.O=C(O)Cc1cccc2[nH]cnc12. The first-order valence-corrected chi connectivity index (χ1v) is 3.90. The summed E-state index contributed by atoms with van der Waals surface area (Å²) in [6.45, 7) is 0. The third kappa shape index (κ3) is 1.85. The zero-order chi connectivity index (χ0) is 9.26. The van der Waals surface area contributed by atoms with Gasteiger partial charge in [0, 0.05) is 0 Å². The first kappa shape index (κ1) is 10.5. The Balaban J connectivity index is 0.000000980. The van der Waals surface area contributed by atoms with Crippen molar-refractivity contribution < 1.29 is 9.90 Å². The number of halogens is 1. The van der Waals surface area contributed by atoms with Crippen molar-refractivity contribution in [1.82, 2.24) is 9.97 Å². The molecule has 2 rings (SSSR count). The van der Waals surface area contributed by atoms with Crippen molar-refractivity contribution >= 4 is 29.4 Å². The van der Waals surface area contributed by atoms with Crippen molar-refractivity contribution in [3.8, 4) is 0 Å². The maximum absolute atomic E-state index is 10.5. The first-order valence-electron chi connectivity index (χ1n) is 3.90. The molecule has 0 saturated heterocycles. The molecule has 2 N–H and O–H groups in total. The van der Waals surface area contributed by atoms with Crippen LogP contribution in [0.3, 0.4) is 0 Å². The van der Waals surface area contributed by atoms with Gasteiger partial charge < -0.3 is 10.1 Å². The molecule has 0 spiro atoms. The molecule has 0 bridgehead atoms. The Morgan fingerprint density at radius 1 is 1.50 bits per heavy atom. The van der Waals surface area contributed by atoms with Crippen LogP contribution in [0.25, 0.3) is 11.0 Å². The summed E-state index contributed by atoms with van der Waals surface area (Å²) >= 11 is 0. The fourth-order valence-corrected chi connectivity index (χ4v) is 1.33. The van der Waals surface area contributed by atoms with Crippen molar-refractivity contribution in [2.75, 3.05) is 0 Å². The van der Waals surface area contributed by atoms with E-state index >= 15 is 0 Å². The van der Waals surface area contributed by atoms with Gasteiger partial charge in [-0.2, -0.15) is 0 Å². The average molecular weight is 213 g/mol. The number of imidazole rings is 1. The molecule has 0 saturated carbocycles. The van der Waals surface area contributed by atoms with Crippen LogP contribution in [0.4, 0.5) is 0 Å². The molecule has 1 aromatic carbocycles. The Hall–Kier alpha value is -1.55. The highest BCUT2D eigenvalue weighted by atomic mass is 35.5. The lowest BCUT2D eigenvalue weighted by atomic mass is 10.1. The molecule has 0 aliphatic rings. The minimum atomic E-state index is -0.837. The largest absolute Gasteiger partial charge is 0.481 e. The van der Waals surface area contributed by atoms with E-state index in [0.29, 0.717) is 0 Å². The fourth-order valence-electron chi connectivity index (χ4n) is 1.33. The Morgan fingerprint density at radius 3 is 3.00 bits per heavy atom. The lowest BCUT2D eigenvalue weighted by Crippen LogP contribution is -2.00. The second-order valence-corrected chi connectivity index (χ2v) is 2.79. The summed E-state index contributed by atoms with van der Waals surface area (Å²) in [5.41, 5.74) is 2.36. The van der Waals surface area contributed by atoms with Gasteiger partial charge in [-0.3, -0.25) is 4.79 Å². The van der Waals surface area contributed by atoms with Crippen LogP contribution in [-0.4, -0.2) is 21.0 Å². The first-order chi connectivity index (χ1) is 6.27. The second-order valence-electron chi connectivity index (χ2n) is 2.79. The van der Waals surface area contributed by atoms with Crippen molar-refractivity contribution in [2.45, 2.75) is 6.42 Å². The number of carboxylic acid groups (broad SMARTS) is 1. The minimum Gasteiger partial charge on any atom is -0.481 e. The second kappa shape index (κ2) is 4.11. The number of H-pyrrole nitrogens is 1. The number of nitrogens with zero attached hydrogens (tertiary/aromatic N) is 1. The molecule has 0 aliphatic carbocycles. The standard InChI is InChI=1S/C9H8N2O2.ClH/c12-8(13)4-6-2-1-3-7-9(6)11-5-10-7;/h1-3,5H,4H2,(H,10,11)(H,12,13);1H. The van der Waals surface area contributed by atoms with E-state index in [0.717, 1.165) is 16.6 Å². The molecule has 0 radical (unpaired) electrons. The Bertz CT molecular complexity index is 453. The number of aromatic nitrogens is 2. The Kier molecular flexibility index (Phi) is 3.09. The number of aliphatic carboxylic acids is 1. The summed E-state index contributed by atoms with van der Waals surface area (Å²) in [7, 11) is 0. The number of carboxylic acids is 1. The number of fused-ring (bicyclic) bond motifs is 1. The number of aromatic amines is 1. The number of para-hydroxylation sites is 1. The van der Waals surface area contributed by atoms with Crippen LogP contribution in [0.2, 0.25) is 0 Å². The van der Waals surface area contributed by atoms with Gasteiger partial charge in [0.2, 0.25) is 0 Å². The van der Waals surface area contributed by atoms with Crippen molar-refractivity contribution in [3.63, 3.8) is 0 Å². The number of hydrogen-bond acceptors (Lipinski definition) is 2. The molecule has 0 atom stereocenters. The molecule has 14 heavy (non-hydrogen) atoms. The molecule has 1 heterocycles. The molecule has 5 heteroatoms. The number of benzene rings is 1. The van der Waals surface area contributed by atoms with Crippen molar-refractivity contribution in [3.05, 3.63) is 30.1 Å². The molecule has 0 aliphatic heterocycles. The predicted molar refractivity (Wildman–Crippen MR) is 54.7 cm³/mol. The van der Waals surface area contributed by atoms with Gasteiger partial charge in [-0.15, -0.1) is 12.4 Å². The van der Waals surface area contributed by atoms with E-state index in [1.54, 1.807) is 12.4 Å². The van der Waals surface area contributed by atoms with E-state index in [-0.39, 0.29) is 18.8 Å². The third-order valence-corrected chi connectivity index (χ3v) is 1.87. The third-order valence-electron chi connectivity index (χ3n) is 1.87. The highest BCUT2D eigenvalue weighted by molar-refractivity contribution is 5.85. The lowest BCUT2D eigenvalue weighted by molar-refractivity contribution is -0.136. The molecule has 0 unspecified atom stereocenters. The maximum Gasteiger partial charge on any atom is 0.307 e. The number of carbonyl (C=O) groups is 1.